The number of ether oxygens (including phenoxy) is 1. The van der Waals surface area contributed by atoms with Gasteiger partial charge in [0.1, 0.15) is 5.75 Å². The summed E-state index contributed by atoms with van der Waals surface area (Å²) in [7, 11) is 0. The van der Waals surface area contributed by atoms with Crippen molar-refractivity contribution in [1.29, 1.82) is 0 Å². The molecular weight excluding hydrogens is 168 g/mol. The Balaban J connectivity index is 2.42. The summed E-state index contributed by atoms with van der Waals surface area (Å²) in [5, 5.41) is 0. The van der Waals surface area contributed by atoms with Crippen LogP contribution in [0.1, 0.15) is 16.8 Å². The highest BCUT2D eigenvalue weighted by molar-refractivity contribution is 6.01. The monoisotopic (exact) mass is 176 g/mol. The summed E-state index contributed by atoms with van der Waals surface area (Å²) in [6, 6.07) is 6.96. The first kappa shape index (κ1) is 7.98. The summed E-state index contributed by atoms with van der Waals surface area (Å²) in [4.78, 5) is 21.9. The van der Waals surface area contributed by atoms with E-state index in [2.05, 4.69) is 0 Å². The summed E-state index contributed by atoms with van der Waals surface area (Å²) in [6.07, 6.45) is 0.205. The second-order valence-electron chi connectivity index (χ2n) is 2.92. The Hall–Kier alpha value is -1.64. The van der Waals surface area contributed by atoms with Crippen LogP contribution in [0.4, 0.5) is 0 Å². The van der Waals surface area contributed by atoms with Crippen LogP contribution in [-0.2, 0) is 4.79 Å². The van der Waals surface area contributed by atoms with Crippen molar-refractivity contribution in [3.05, 3.63) is 29.8 Å². The average molecular weight is 176 g/mol. The Morgan fingerprint density at radius 1 is 1.38 bits per heavy atom. The molecule has 0 aromatic heterocycles. The van der Waals surface area contributed by atoms with Crippen LogP contribution in [0.25, 0.3) is 0 Å². The Bertz CT molecular complexity index is 357. The Labute approximate surface area is 75.3 Å². The highest BCUT2D eigenvalue weighted by atomic mass is 16.5. The molecule has 3 nitrogen and oxygen atoms in total. The van der Waals surface area contributed by atoms with Gasteiger partial charge in [-0.15, -0.1) is 0 Å². The third-order valence-corrected chi connectivity index (χ3v) is 2.00. The number of aldehydes is 1. The van der Waals surface area contributed by atoms with Crippen molar-refractivity contribution in [3.8, 4) is 5.75 Å². The fraction of sp³-hybridized carbons (Fsp3) is 0.200. The van der Waals surface area contributed by atoms with Crippen LogP contribution in [0, 0.1) is 0 Å². The molecule has 3 heteroatoms. The molecule has 2 rings (SSSR count). The summed E-state index contributed by atoms with van der Waals surface area (Å²) >= 11 is 0. The van der Waals surface area contributed by atoms with Gasteiger partial charge in [0.25, 0.3) is 0 Å². The third-order valence-electron chi connectivity index (χ3n) is 2.00. The fourth-order valence-electron chi connectivity index (χ4n) is 1.37. The quantitative estimate of drug-likeness (QED) is 0.604. The van der Waals surface area contributed by atoms with E-state index in [1.54, 1.807) is 24.3 Å². The Kier molecular flexibility index (Phi) is 1.85. The first-order chi connectivity index (χ1) is 6.31. The topological polar surface area (TPSA) is 43.4 Å². The van der Waals surface area contributed by atoms with E-state index < -0.39 is 6.10 Å². The van der Waals surface area contributed by atoms with E-state index in [0.717, 1.165) is 0 Å². The summed E-state index contributed by atoms with van der Waals surface area (Å²) in [6.45, 7) is 0. The zero-order valence-corrected chi connectivity index (χ0v) is 6.90. The number of carbonyl (C=O) groups is 2. The van der Waals surface area contributed by atoms with Crippen LogP contribution in [0.2, 0.25) is 0 Å². The highest BCUT2D eigenvalue weighted by Gasteiger charge is 2.25. The molecule has 0 saturated heterocycles. The normalized spacial score (nSPS) is 20.3. The fourth-order valence-corrected chi connectivity index (χ4v) is 1.37. The zero-order valence-electron chi connectivity index (χ0n) is 6.90. The summed E-state index contributed by atoms with van der Waals surface area (Å²) < 4.78 is 5.26. The summed E-state index contributed by atoms with van der Waals surface area (Å²) in [5.74, 6) is 0.481. The van der Waals surface area contributed by atoms with Crippen LogP contribution in [-0.4, -0.2) is 18.2 Å². The van der Waals surface area contributed by atoms with Crippen LogP contribution >= 0.6 is 0 Å². The van der Waals surface area contributed by atoms with Crippen molar-refractivity contribution >= 4 is 12.1 Å². The van der Waals surface area contributed by atoms with Gasteiger partial charge >= 0.3 is 0 Å². The molecule has 1 aromatic rings. The number of ketones is 1. The second-order valence-corrected chi connectivity index (χ2v) is 2.92. The minimum atomic E-state index is -0.609. The lowest BCUT2D eigenvalue weighted by atomic mass is 10.0. The lowest BCUT2D eigenvalue weighted by molar-refractivity contribution is -0.113. The van der Waals surface area contributed by atoms with Gasteiger partial charge in [-0.3, -0.25) is 9.59 Å². The molecule has 66 valence electrons. The molecule has 0 bridgehead atoms. The lowest BCUT2D eigenvalue weighted by Gasteiger charge is -2.20. The molecule has 1 unspecified atom stereocenters. The maximum Gasteiger partial charge on any atom is 0.170 e. The van der Waals surface area contributed by atoms with Gasteiger partial charge < -0.3 is 4.74 Å². The highest BCUT2D eigenvalue weighted by Crippen LogP contribution is 2.26. The Morgan fingerprint density at radius 3 is 2.92 bits per heavy atom. The van der Waals surface area contributed by atoms with Crippen molar-refractivity contribution in [2.24, 2.45) is 0 Å². The number of hydrogen-bond donors (Lipinski definition) is 0. The SMILES string of the molecule is O=CC1CC(=O)c2ccccc2O1. The van der Waals surface area contributed by atoms with E-state index in [1.807, 2.05) is 0 Å². The molecule has 0 fully saturated rings. The Morgan fingerprint density at radius 2 is 2.15 bits per heavy atom. The van der Waals surface area contributed by atoms with Gasteiger partial charge in [0.05, 0.1) is 12.0 Å². The van der Waals surface area contributed by atoms with E-state index in [-0.39, 0.29) is 12.2 Å². The minimum absolute atomic E-state index is 0.0287. The molecular formula is C10H8O3. The number of Topliss-reactive ketones (excluding diaryl/α,β-unsaturated/α-hetero) is 1. The van der Waals surface area contributed by atoms with Gasteiger partial charge in [0.2, 0.25) is 0 Å². The lowest BCUT2D eigenvalue weighted by Crippen LogP contribution is -2.27. The van der Waals surface area contributed by atoms with E-state index in [0.29, 0.717) is 17.6 Å². The predicted molar refractivity (Wildman–Crippen MR) is 45.9 cm³/mol. The largest absolute Gasteiger partial charge is 0.482 e. The number of benzene rings is 1. The molecule has 1 aromatic carbocycles. The van der Waals surface area contributed by atoms with Gasteiger partial charge in [-0.25, -0.2) is 0 Å². The number of carbonyl (C=O) groups excluding carboxylic acids is 2. The first-order valence-electron chi connectivity index (χ1n) is 4.05. The van der Waals surface area contributed by atoms with E-state index in [4.69, 9.17) is 4.74 Å². The van der Waals surface area contributed by atoms with Crippen molar-refractivity contribution in [1.82, 2.24) is 0 Å². The smallest absolute Gasteiger partial charge is 0.170 e. The third kappa shape index (κ3) is 1.33. The average Bonchev–Trinajstić information content (AvgIpc) is 2.18. The molecule has 0 amide bonds. The van der Waals surface area contributed by atoms with E-state index >= 15 is 0 Å². The predicted octanol–water partition coefficient (Wildman–Crippen LogP) is 1.22. The maximum absolute atomic E-state index is 11.4. The molecule has 1 aliphatic rings. The van der Waals surface area contributed by atoms with Crippen LogP contribution < -0.4 is 4.74 Å². The van der Waals surface area contributed by atoms with Crippen molar-refractivity contribution in [2.75, 3.05) is 0 Å². The number of hydrogen-bond acceptors (Lipinski definition) is 3. The molecule has 1 atom stereocenters. The van der Waals surface area contributed by atoms with Gasteiger partial charge in [0, 0.05) is 0 Å². The van der Waals surface area contributed by atoms with Gasteiger partial charge in [0.15, 0.2) is 18.2 Å². The number of rotatable bonds is 1. The molecule has 0 N–H and O–H groups in total. The van der Waals surface area contributed by atoms with Gasteiger partial charge in [-0.2, -0.15) is 0 Å². The molecule has 0 radical (unpaired) electrons. The van der Waals surface area contributed by atoms with Crippen LogP contribution in [0.3, 0.4) is 0 Å². The van der Waals surface area contributed by atoms with E-state index in [9.17, 15) is 9.59 Å². The minimum Gasteiger partial charge on any atom is -0.482 e. The van der Waals surface area contributed by atoms with Gasteiger partial charge in [-0.05, 0) is 12.1 Å². The molecule has 1 heterocycles. The van der Waals surface area contributed by atoms with Gasteiger partial charge in [-0.1, -0.05) is 12.1 Å². The number of fused-ring (bicyclic) bond motifs is 1. The van der Waals surface area contributed by atoms with Crippen LogP contribution in [0.5, 0.6) is 5.75 Å². The summed E-state index contributed by atoms with van der Waals surface area (Å²) in [5.41, 5.74) is 0.570. The molecule has 0 saturated carbocycles. The van der Waals surface area contributed by atoms with Crippen molar-refractivity contribution in [2.45, 2.75) is 12.5 Å². The second kappa shape index (κ2) is 3.01. The van der Waals surface area contributed by atoms with Crippen molar-refractivity contribution in [3.63, 3.8) is 0 Å². The first-order valence-corrected chi connectivity index (χ1v) is 4.05. The molecule has 13 heavy (non-hydrogen) atoms. The molecule has 0 spiro atoms. The maximum atomic E-state index is 11.4. The number of para-hydroxylation sites is 1. The molecule has 0 aliphatic carbocycles. The standard InChI is InChI=1S/C10H8O3/c11-6-7-5-9(12)8-3-1-2-4-10(8)13-7/h1-4,6-7H,5H2. The molecule has 1 aliphatic heterocycles. The van der Waals surface area contributed by atoms with Crippen LogP contribution in [0.15, 0.2) is 24.3 Å². The van der Waals surface area contributed by atoms with Crippen molar-refractivity contribution < 1.29 is 14.3 Å². The zero-order chi connectivity index (χ0) is 9.26. The van der Waals surface area contributed by atoms with E-state index in [1.165, 1.54) is 0 Å².